The van der Waals surface area contributed by atoms with Crippen LogP contribution in [0.15, 0.2) is 22.7 Å². The topological polar surface area (TPSA) is 66.3 Å². The molecule has 3 rings (SSSR count). The molecule has 6 nitrogen and oxygen atoms in total. The predicted octanol–water partition coefficient (Wildman–Crippen LogP) is 3.20. The van der Waals surface area contributed by atoms with Crippen molar-refractivity contribution >= 4 is 0 Å². The summed E-state index contributed by atoms with van der Waals surface area (Å²) in [6.45, 7) is 12.1. The fourth-order valence-corrected chi connectivity index (χ4v) is 3.92. The molecule has 2 aromatic heterocycles. The molecule has 1 saturated heterocycles. The van der Waals surface area contributed by atoms with Gasteiger partial charge in [-0.1, -0.05) is 26.7 Å². The molecular formula is C20H32N4O2. The first-order valence-corrected chi connectivity index (χ1v) is 9.84. The second kappa shape index (κ2) is 9.35. The number of furan rings is 1. The first-order chi connectivity index (χ1) is 12.7. The molecule has 1 atom stereocenters. The molecule has 0 radical (unpaired) electrons. The molecule has 6 heteroatoms. The highest BCUT2D eigenvalue weighted by Gasteiger charge is 2.26. The van der Waals surface area contributed by atoms with Crippen molar-refractivity contribution in [1.29, 1.82) is 0 Å². The molecule has 1 fully saturated rings. The van der Waals surface area contributed by atoms with E-state index >= 15 is 0 Å². The van der Waals surface area contributed by atoms with Crippen molar-refractivity contribution in [2.45, 2.75) is 46.2 Å². The van der Waals surface area contributed by atoms with Crippen LogP contribution in [0.5, 0.6) is 0 Å². The standard InChI is InChI=1S/C20H32N4O2/c1-4-16(5-2)18(24-8-10-25-11-9-24)14-21-12-17-13-22-23-20(17)19-7-6-15(3)26-19/h6-7,13,16,18,21H,4-5,8-12,14H2,1-3H3,(H,22,23). The van der Waals surface area contributed by atoms with E-state index in [1.807, 2.05) is 25.3 Å². The van der Waals surface area contributed by atoms with Gasteiger partial charge in [0.1, 0.15) is 11.5 Å². The fraction of sp³-hybridized carbons (Fsp3) is 0.650. The molecule has 3 heterocycles. The summed E-state index contributed by atoms with van der Waals surface area (Å²) in [6, 6.07) is 4.53. The molecule has 26 heavy (non-hydrogen) atoms. The van der Waals surface area contributed by atoms with Gasteiger partial charge in [0.05, 0.1) is 19.4 Å². The number of nitrogens with zero attached hydrogens (tertiary/aromatic N) is 2. The number of H-pyrrole nitrogens is 1. The summed E-state index contributed by atoms with van der Waals surface area (Å²) in [4.78, 5) is 2.60. The van der Waals surface area contributed by atoms with Crippen LogP contribution in [0, 0.1) is 12.8 Å². The largest absolute Gasteiger partial charge is 0.460 e. The van der Waals surface area contributed by atoms with Crippen molar-refractivity contribution < 1.29 is 9.15 Å². The minimum absolute atomic E-state index is 0.551. The van der Waals surface area contributed by atoms with Crippen molar-refractivity contribution in [2.24, 2.45) is 5.92 Å². The van der Waals surface area contributed by atoms with Gasteiger partial charge in [-0.2, -0.15) is 5.10 Å². The Morgan fingerprint density at radius 1 is 1.23 bits per heavy atom. The van der Waals surface area contributed by atoms with Gasteiger partial charge in [-0.25, -0.2) is 0 Å². The van der Waals surface area contributed by atoms with Gasteiger partial charge < -0.3 is 14.5 Å². The third-order valence-electron chi connectivity index (χ3n) is 5.48. The zero-order chi connectivity index (χ0) is 18.4. The Bertz CT molecular complexity index is 656. The lowest BCUT2D eigenvalue weighted by molar-refractivity contribution is 0.00161. The number of ether oxygens (including phenoxy) is 1. The van der Waals surface area contributed by atoms with Crippen LogP contribution < -0.4 is 5.32 Å². The average Bonchev–Trinajstić information content (AvgIpc) is 3.30. The van der Waals surface area contributed by atoms with E-state index in [9.17, 15) is 0 Å². The van der Waals surface area contributed by atoms with Gasteiger partial charge in [0.25, 0.3) is 0 Å². The Kier molecular flexibility index (Phi) is 6.88. The Morgan fingerprint density at radius 2 is 2.00 bits per heavy atom. The summed E-state index contributed by atoms with van der Waals surface area (Å²) >= 11 is 0. The van der Waals surface area contributed by atoms with Gasteiger partial charge in [0.15, 0.2) is 5.76 Å². The molecule has 0 aliphatic carbocycles. The van der Waals surface area contributed by atoms with Gasteiger partial charge in [-0.15, -0.1) is 0 Å². The van der Waals surface area contributed by atoms with Crippen LogP contribution in [-0.2, 0) is 11.3 Å². The molecule has 1 aliphatic rings. The normalized spacial score (nSPS) is 17.1. The van der Waals surface area contributed by atoms with Crippen molar-refractivity contribution in [3.8, 4) is 11.5 Å². The van der Waals surface area contributed by atoms with Crippen LogP contribution in [0.2, 0.25) is 0 Å². The first kappa shape index (κ1) is 19.1. The van der Waals surface area contributed by atoms with Crippen molar-refractivity contribution in [1.82, 2.24) is 20.4 Å². The monoisotopic (exact) mass is 360 g/mol. The number of aromatic amines is 1. The van der Waals surface area contributed by atoms with Crippen LogP contribution in [0.1, 0.15) is 38.0 Å². The number of hydrogen-bond donors (Lipinski definition) is 2. The van der Waals surface area contributed by atoms with E-state index in [-0.39, 0.29) is 0 Å². The maximum atomic E-state index is 5.74. The molecule has 2 N–H and O–H groups in total. The average molecular weight is 361 g/mol. The van der Waals surface area contributed by atoms with Crippen molar-refractivity contribution in [3.63, 3.8) is 0 Å². The maximum Gasteiger partial charge on any atom is 0.152 e. The lowest BCUT2D eigenvalue weighted by atomic mass is 9.92. The second-order valence-corrected chi connectivity index (χ2v) is 7.10. The number of nitrogens with one attached hydrogen (secondary N) is 2. The van der Waals surface area contributed by atoms with Crippen LogP contribution in [0.3, 0.4) is 0 Å². The smallest absolute Gasteiger partial charge is 0.152 e. The van der Waals surface area contributed by atoms with Crippen LogP contribution in [-0.4, -0.2) is 54.0 Å². The summed E-state index contributed by atoms with van der Waals surface area (Å²) in [7, 11) is 0. The molecular weight excluding hydrogens is 328 g/mol. The molecule has 0 amide bonds. The summed E-state index contributed by atoms with van der Waals surface area (Å²) in [5.74, 6) is 2.47. The first-order valence-electron chi connectivity index (χ1n) is 9.84. The van der Waals surface area contributed by atoms with E-state index in [1.54, 1.807) is 0 Å². The second-order valence-electron chi connectivity index (χ2n) is 7.10. The highest BCUT2D eigenvalue weighted by Crippen LogP contribution is 2.24. The zero-order valence-corrected chi connectivity index (χ0v) is 16.3. The molecule has 144 valence electrons. The number of aromatic nitrogens is 2. The molecule has 0 bridgehead atoms. The van der Waals surface area contributed by atoms with Gasteiger partial charge in [-0.05, 0) is 25.0 Å². The third-order valence-corrected chi connectivity index (χ3v) is 5.48. The Hall–Kier alpha value is -1.63. The van der Waals surface area contributed by atoms with Gasteiger partial charge in [0, 0.05) is 37.8 Å². The number of hydrogen-bond acceptors (Lipinski definition) is 5. The summed E-state index contributed by atoms with van der Waals surface area (Å²) in [5, 5.41) is 10.9. The minimum atomic E-state index is 0.551. The highest BCUT2D eigenvalue weighted by molar-refractivity contribution is 5.56. The SMILES string of the molecule is CCC(CC)C(CNCc1cn[nH]c1-c1ccc(C)o1)N1CCOCC1. The van der Waals surface area contributed by atoms with Gasteiger partial charge in [0.2, 0.25) is 0 Å². The fourth-order valence-electron chi connectivity index (χ4n) is 3.92. The molecule has 0 saturated carbocycles. The quantitative estimate of drug-likeness (QED) is 0.719. The number of morpholine rings is 1. The number of rotatable bonds is 9. The molecule has 2 aromatic rings. The predicted molar refractivity (Wildman–Crippen MR) is 103 cm³/mol. The Labute approximate surface area is 156 Å². The Balaban J connectivity index is 1.62. The minimum Gasteiger partial charge on any atom is -0.460 e. The van der Waals surface area contributed by atoms with Crippen LogP contribution in [0.25, 0.3) is 11.5 Å². The molecule has 1 aliphatic heterocycles. The molecule has 0 spiro atoms. The third kappa shape index (κ3) is 4.55. The lowest BCUT2D eigenvalue weighted by Crippen LogP contribution is -2.51. The maximum absolute atomic E-state index is 5.74. The van der Waals surface area contributed by atoms with Gasteiger partial charge in [-0.3, -0.25) is 10.00 Å². The lowest BCUT2D eigenvalue weighted by Gasteiger charge is -2.39. The van der Waals surface area contributed by atoms with E-state index in [0.29, 0.717) is 12.0 Å². The van der Waals surface area contributed by atoms with E-state index in [4.69, 9.17) is 9.15 Å². The number of aryl methyl sites for hydroxylation is 1. The summed E-state index contributed by atoms with van der Waals surface area (Å²) in [6.07, 6.45) is 4.31. The zero-order valence-electron chi connectivity index (χ0n) is 16.3. The van der Waals surface area contributed by atoms with E-state index in [1.165, 1.54) is 12.8 Å². The van der Waals surface area contributed by atoms with E-state index in [2.05, 4.69) is 34.3 Å². The summed E-state index contributed by atoms with van der Waals surface area (Å²) < 4.78 is 11.3. The van der Waals surface area contributed by atoms with Crippen molar-refractivity contribution in [2.75, 3.05) is 32.8 Å². The molecule has 1 unspecified atom stereocenters. The van der Waals surface area contributed by atoms with E-state index in [0.717, 1.165) is 62.2 Å². The van der Waals surface area contributed by atoms with Gasteiger partial charge >= 0.3 is 0 Å². The van der Waals surface area contributed by atoms with Crippen LogP contribution in [0.4, 0.5) is 0 Å². The van der Waals surface area contributed by atoms with Crippen molar-refractivity contribution in [3.05, 3.63) is 29.7 Å². The van der Waals surface area contributed by atoms with E-state index < -0.39 is 0 Å². The van der Waals surface area contributed by atoms with Crippen LogP contribution >= 0.6 is 0 Å². The Morgan fingerprint density at radius 3 is 2.65 bits per heavy atom. The molecule has 0 aromatic carbocycles. The summed E-state index contributed by atoms with van der Waals surface area (Å²) in [5.41, 5.74) is 2.11. The highest BCUT2D eigenvalue weighted by atomic mass is 16.5.